The Bertz CT molecular complexity index is 477. The number of hydrogen-bond donors (Lipinski definition) is 2. The Kier molecular flexibility index (Phi) is 4.36. The maximum absolute atomic E-state index is 12.0. The molecule has 7 heteroatoms. The van der Waals surface area contributed by atoms with E-state index in [9.17, 15) is 4.79 Å². The standard InChI is InChI=1S/C11H17BrN4O2/c12-10-9(15-3-1-2-8(15)6-13)7-14-16(4-5-17)11(10)18/h7-8,17H,1-6,13H2. The van der Waals surface area contributed by atoms with Crippen LogP contribution in [-0.2, 0) is 6.54 Å². The van der Waals surface area contributed by atoms with Gasteiger partial charge in [-0.05, 0) is 28.8 Å². The van der Waals surface area contributed by atoms with Crippen LogP contribution in [0.4, 0.5) is 5.69 Å². The molecule has 2 rings (SSSR count). The number of halogens is 1. The number of aromatic nitrogens is 2. The molecule has 100 valence electrons. The minimum Gasteiger partial charge on any atom is -0.394 e. The van der Waals surface area contributed by atoms with Gasteiger partial charge in [0, 0.05) is 19.1 Å². The summed E-state index contributed by atoms with van der Waals surface area (Å²) in [6.07, 6.45) is 3.78. The van der Waals surface area contributed by atoms with Gasteiger partial charge in [-0.25, -0.2) is 4.68 Å². The molecule has 3 N–H and O–H groups in total. The highest BCUT2D eigenvalue weighted by molar-refractivity contribution is 9.10. The lowest BCUT2D eigenvalue weighted by atomic mass is 10.2. The van der Waals surface area contributed by atoms with Gasteiger partial charge in [-0.2, -0.15) is 5.10 Å². The fourth-order valence-electron chi connectivity index (χ4n) is 2.31. The molecule has 0 saturated carbocycles. The molecule has 1 atom stereocenters. The second-order valence-corrected chi connectivity index (χ2v) is 5.11. The normalized spacial score (nSPS) is 19.5. The number of rotatable bonds is 4. The Labute approximate surface area is 114 Å². The topological polar surface area (TPSA) is 84.4 Å². The maximum atomic E-state index is 12.0. The van der Waals surface area contributed by atoms with E-state index in [1.165, 1.54) is 4.68 Å². The summed E-state index contributed by atoms with van der Waals surface area (Å²) < 4.78 is 1.74. The molecule has 0 aliphatic carbocycles. The molecule has 18 heavy (non-hydrogen) atoms. The van der Waals surface area contributed by atoms with Gasteiger partial charge in [0.25, 0.3) is 5.56 Å². The van der Waals surface area contributed by atoms with Crippen molar-refractivity contribution < 1.29 is 5.11 Å². The van der Waals surface area contributed by atoms with E-state index in [4.69, 9.17) is 10.8 Å². The van der Waals surface area contributed by atoms with Gasteiger partial charge < -0.3 is 15.7 Å². The number of aliphatic hydroxyl groups excluding tert-OH is 1. The van der Waals surface area contributed by atoms with Crippen LogP contribution in [0.1, 0.15) is 12.8 Å². The van der Waals surface area contributed by atoms with Crippen LogP contribution in [0, 0.1) is 0 Å². The number of nitrogens with two attached hydrogens (primary N) is 1. The summed E-state index contributed by atoms with van der Waals surface area (Å²) in [7, 11) is 0. The molecule has 1 saturated heterocycles. The molecule has 0 bridgehead atoms. The Balaban J connectivity index is 2.35. The van der Waals surface area contributed by atoms with Crippen LogP contribution < -0.4 is 16.2 Å². The summed E-state index contributed by atoms with van der Waals surface area (Å²) in [6.45, 7) is 1.57. The average molecular weight is 317 g/mol. The summed E-state index contributed by atoms with van der Waals surface area (Å²) in [5.41, 5.74) is 6.31. The minimum atomic E-state index is -0.218. The molecule has 2 heterocycles. The summed E-state index contributed by atoms with van der Waals surface area (Å²) >= 11 is 3.33. The van der Waals surface area contributed by atoms with Crippen molar-refractivity contribution in [3.63, 3.8) is 0 Å². The van der Waals surface area contributed by atoms with Crippen molar-refractivity contribution in [3.8, 4) is 0 Å². The number of nitrogens with zero attached hydrogens (tertiary/aromatic N) is 3. The van der Waals surface area contributed by atoms with E-state index in [0.717, 1.165) is 25.1 Å². The number of hydrogen-bond acceptors (Lipinski definition) is 5. The van der Waals surface area contributed by atoms with Crippen molar-refractivity contribution in [3.05, 3.63) is 21.0 Å². The van der Waals surface area contributed by atoms with E-state index >= 15 is 0 Å². The zero-order valence-electron chi connectivity index (χ0n) is 10.0. The van der Waals surface area contributed by atoms with E-state index in [-0.39, 0.29) is 24.8 Å². The van der Waals surface area contributed by atoms with Gasteiger partial charge in [-0.1, -0.05) is 0 Å². The molecule has 0 spiro atoms. The molecule has 1 aromatic heterocycles. The van der Waals surface area contributed by atoms with Crippen LogP contribution in [0.15, 0.2) is 15.5 Å². The van der Waals surface area contributed by atoms with Crippen LogP contribution in [-0.4, -0.2) is 40.6 Å². The second kappa shape index (κ2) is 5.81. The Morgan fingerprint density at radius 2 is 2.39 bits per heavy atom. The zero-order valence-corrected chi connectivity index (χ0v) is 11.6. The van der Waals surface area contributed by atoms with Crippen LogP contribution in [0.25, 0.3) is 0 Å². The highest BCUT2D eigenvalue weighted by Crippen LogP contribution is 2.28. The monoisotopic (exact) mass is 316 g/mol. The van der Waals surface area contributed by atoms with Crippen molar-refractivity contribution >= 4 is 21.6 Å². The highest BCUT2D eigenvalue weighted by atomic mass is 79.9. The molecule has 0 aromatic carbocycles. The van der Waals surface area contributed by atoms with Crippen molar-refractivity contribution in [2.45, 2.75) is 25.4 Å². The molecule has 0 radical (unpaired) electrons. The fraction of sp³-hybridized carbons (Fsp3) is 0.636. The predicted molar refractivity (Wildman–Crippen MR) is 72.7 cm³/mol. The largest absolute Gasteiger partial charge is 0.394 e. The number of aliphatic hydroxyl groups is 1. The molecule has 1 aliphatic rings. The highest BCUT2D eigenvalue weighted by Gasteiger charge is 2.26. The van der Waals surface area contributed by atoms with E-state index in [2.05, 4.69) is 25.9 Å². The van der Waals surface area contributed by atoms with Crippen LogP contribution in [0.3, 0.4) is 0 Å². The lowest BCUT2D eigenvalue weighted by molar-refractivity contribution is 0.266. The molecule has 0 amide bonds. The van der Waals surface area contributed by atoms with Gasteiger partial charge in [0.2, 0.25) is 0 Å². The SMILES string of the molecule is NCC1CCCN1c1cnn(CCO)c(=O)c1Br. The van der Waals surface area contributed by atoms with Crippen LogP contribution in [0.2, 0.25) is 0 Å². The predicted octanol–water partition coefficient (Wildman–Crippen LogP) is -0.0744. The third-order valence-electron chi connectivity index (χ3n) is 3.24. The van der Waals surface area contributed by atoms with Crippen LogP contribution in [0.5, 0.6) is 0 Å². The molecular weight excluding hydrogens is 300 g/mol. The Morgan fingerprint density at radius 3 is 3.06 bits per heavy atom. The number of anilines is 1. The lowest BCUT2D eigenvalue weighted by Gasteiger charge is -2.26. The van der Waals surface area contributed by atoms with Crippen molar-refractivity contribution in [2.75, 3.05) is 24.6 Å². The molecular formula is C11H17BrN4O2. The van der Waals surface area contributed by atoms with Crippen molar-refractivity contribution in [2.24, 2.45) is 5.73 Å². The van der Waals surface area contributed by atoms with E-state index in [1.54, 1.807) is 6.20 Å². The quantitative estimate of drug-likeness (QED) is 0.812. The second-order valence-electron chi connectivity index (χ2n) is 4.32. The van der Waals surface area contributed by atoms with Gasteiger partial charge in [0.15, 0.2) is 0 Å². The summed E-state index contributed by atoms with van der Waals surface area (Å²) in [6, 6.07) is 0.274. The Morgan fingerprint density at radius 1 is 1.61 bits per heavy atom. The first kappa shape index (κ1) is 13.5. The maximum Gasteiger partial charge on any atom is 0.283 e. The van der Waals surface area contributed by atoms with Gasteiger partial charge in [0.1, 0.15) is 4.47 Å². The summed E-state index contributed by atoms with van der Waals surface area (Å²) in [5, 5.41) is 12.9. The van der Waals surface area contributed by atoms with Crippen LogP contribution >= 0.6 is 15.9 Å². The van der Waals surface area contributed by atoms with E-state index in [0.29, 0.717) is 11.0 Å². The molecule has 6 nitrogen and oxygen atoms in total. The molecule has 1 fully saturated rings. The van der Waals surface area contributed by atoms with E-state index in [1.807, 2.05) is 0 Å². The van der Waals surface area contributed by atoms with Crippen molar-refractivity contribution in [1.29, 1.82) is 0 Å². The summed E-state index contributed by atoms with van der Waals surface area (Å²) in [5.74, 6) is 0. The van der Waals surface area contributed by atoms with E-state index < -0.39 is 0 Å². The van der Waals surface area contributed by atoms with Gasteiger partial charge in [0.05, 0.1) is 25.0 Å². The third kappa shape index (κ3) is 2.43. The fourth-order valence-corrected chi connectivity index (χ4v) is 2.84. The lowest BCUT2D eigenvalue weighted by Crippen LogP contribution is -2.37. The average Bonchev–Trinajstić information content (AvgIpc) is 2.83. The van der Waals surface area contributed by atoms with Gasteiger partial charge in [-0.15, -0.1) is 0 Å². The van der Waals surface area contributed by atoms with Gasteiger partial charge in [-0.3, -0.25) is 4.79 Å². The first-order valence-corrected chi connectivity index (χ1v) is 6.81. The van der Waals surface area contributed by atoms with Gasteiger partial charge >= 0.3 is 0 Å². The van der Waals surface area contributed by atoms with Crippen molar-refractivity contribution in [1.82, 2.24) is 9.78 Å². The molecule has 1 aliphatic heterocycles. The smallest absolute Gasteiger partial charge is 0.283 e. The minimum absolute atomic E-state index is 0.103. The zero-order chi connectivity index (χ0) is 13.1. The Hall–Kier alpha value is -0.920. The molecule has 1 unspecified atom stereocenters. The third-order valence-corrected chi connectivity index (χ3v) is 3.98. The molecule has 1 aromatic rings. The first-order chi connectivity index (χ1) is 8.69. The first-order valence-electron chi connectivity index (χ1n) is 6.02. The summed E-state index contributed by atoms with van der Waals surface area (Å²) in [4.78, 5) is 14.1.